The van der Waals surface area contributed by atoms with E-state index in [1.54, 1.807) is 60.7 Å². The Morgan fingerprint density at radius 3 is 1.60 bits per heavy atom. The molecular weight excluding hydrogens is 551 g/mol. The molecule has 40 heavy (non-hydrogen) atoms. The second-order valence-corrected chi connectivity index (χ2v) is 9.33. The first kappa shape index (κ1) is 28.7. The lowest BCUT2D eigenvalue weighted by atomic mass is 10.0. The molecule has 2 amide bonds. The standard InChI is InChI=1S/C31H26Cl2N2O5/c1-3-39-27-14-11-21(16-23(27)32)30(37)34-25-13-10-20(29(36)19-8-6-5-7-9-19)18-26(25)35-31(38)22-12-15-28(40-4-2)24(33)17-22/h5-18H,3-4H2,1-2H3,(H,34,37)(H,35,38). The van der Waals surface area contributed by atoms with Crippen LogP contribution in [0.1, 0.15) is 50.5 Å². The molecule has 0 fully saturated rings. The molecule has 0 atom stereocenters. The Balaban J connectivity index is 1.66. The zero-order valence-corrected chi connectivity index (χ0v) is 23.3. The van der Waals surface area contributed by atoms with Crippen LogP contribution in [0.4, 0.5) is 11.4 Å². The summed E-state index contributed by atoms with van der Waals surface area (Å²) in [4.78, 5) is 39.4. The van der Waals surface area contributed by atoms with Crippen molar-refractivity contribution in [3.05, 3.63) is 117 Å². The molecule has 0 aliphatic rings. The quantitative estimate of drug-likeness (QED) is 0.190. The van der Waals surface area contributed by atoms with Gasteiger partial charge in [0.2, 0.25) is 0 Å². The summed E-state index contributed by atoms with van der Waals surface area (Å²) in [6.07, 6.45) is 0. The Labute approximate surface area is 242 Å². The molecule has 4 rings (SSSR count). The van der Waals surface area contributed by atoms with Gasteiger partial charge in [-0.3, -0.25) is 14.4 Å². The van der Waals surface area contributed by atoms with Crippen molar-refractivity contribution in [2.24, 2.45) is 0 Å². The number of rotatable bonds is 10. The lowest BCUT2D eigenvalue weighted by Crippen LogP contribution is -2.17. The number of ketones is 1. The van der Waals surface area contributed by atoms with Crippen LogP contribution in [0.2, 0.25) is 10.0 Å². The van der Waals surface area contributed by atoms with E-state index in [4.69, 9.17) is 32.7 Å². The first-order valence-electron chi connectivity index (χ1n) is 12.5. The van der Waals surface area contributed by atoms with E-state index in [2.05, 4.69) is 10.6 Å². The monoisotopic (exact) mass is 576 g/mol. The molecule has 4 aromatic carbocycles. The van der Waals surface area contributed by atoms with Crippen LogP contribution in [0.5, 0.6) is 11.5 Å². The number of halogens is 2. The van der Waals surface area contributed by atoms with Crippen molar-refractivity contribution in [2.45, 2.75) is 13.8 Å². The van der Waals surface area contributed by atoms with Crippen LogP contribution in [0.15, 0.2) is 84.9 Å². The van der Waals surface area contributed by atoms with Crippen molar-refractivity contribution in [3.63, 3.8) is 0 Å². The fourth-order valence-electron chi connectivity index (χ4n) is 3.87. The van der Waals surface area contributed by atoms with Gasteiger partial charge in [-0.15, -0.1) is 0 Å². The molecule has 0 saturated heterocycles. The number of amides is 2. The number of nitrogens with one attached hydrogen (secondary N) is 2. The molecule has 4 aromatic rings. The van der Waals surface area contributed by atoms with Crippen molar-refractivity contribution in [1.29, 1.82) is 0 Å². The Bertz CT molecular complexity index is 1560. The molecule has 0 aliphatic heterocycles. The lowest BCUT2D eigenvalue weighted by Gasteiger charge is -2.15. The van der Waals surface area contributed by atoms with E-state index in [-0.39, 0.29) is 33.3 Å². The van der Waals surface area contributed by atoms with Crippen molar-refractivity contribution in [3.8, 4) is 11.5 Å². The van der Waals surface area contributed by atoms with E-state index >= 15 is 0 Å². The van der Waals surface area contributed by atoms with Gasteiger partial charge in [0.05, 0.1) is 34.6 Å². The van der Waals surface area contributed by atoms with Crippen molar-refractivity contribution in [1.82, 2.24) is 0 Å². The van der Waals surface area contributed by atoms with Crippen LogP contribution >= 0.6 is 23.2 Å². The molecule has 7 nitrogen and oxygen atoms in total. The van der Waals surface area contributed by atoms with Crippen LogP contribution < -0.4 is 20.1 Å². The topological polar surface area (TPSA) is 93.7 Å². The summed E-state index contributed by atoms with van der Waals surface area (Å²) < 4.78 is 10.9. The van der Waals surface area contributed by atoms with Gasteiger partial charge < -0.3 is 20.1 Å². The molecule has 0 saturated carbocycles. The summed E-state index contributed by atoms with van der Waals surface area (Å²) in [5, 5.41) is 6.16. The van der Waals surface area contributed by atoms with E-state index < -0.39 is 11.8 Å². The van der Waals surface area contributed by atoms with Crippen LogP contribution in [-0.2, 0) is 0 Å². The van der Waals surface area contributed by atoms with Gasteiger partial charge in [-0.05, 0) is 68.4 Å². The molecule has 0 unspecified atom stereocenters. The summed E-state index contributed by atoms with van der Waals surface area (Å²) in [5.41, 5.74) is 1.87. The first-order chi connectivity index (χ1) is 19.3. The number of hydrogen-bond donors (Lipinski definition) is 2. The number of anilines is 2. The molecular formula is C31H26Cl2N2O5. The predicted octanol–water partition coefficient (Wildman–Crippen LogP) is 7.53. The lowest BCUT2D eigenvalue weighted by molar-refractivity contribution is 0.101. The fourth-order valence-corrected chi connectivity index (χ4v) is 4.34. The second kappa shape index (κ2) is 13.2. The molecule has 0 bridgehead atoms. The van der Waals surface area contributed by atoms with Crippen LogP contribution in [0.25, 0.3) is 0 Å². The zero-order chi connectivity index (χ0) is 28.6. The zero-order valence-electron chi connectivity index (χ0n) is 21.8. The molecule has 9 heteroatoms. The summed E-state index contributed by atoms with van der Waals surface area (Å²) in [5.74, 6) is -0.276. The SMILES string of the molecule is CCOc1ccc(C(=O)Nc2ccc(C(=O)c3ccccc3)cc2NC(=O)c2ccc(OCC)c(Cl)c2)cc1Cl. The highest BCUT2D eigenvalue weighted by atomic mass is 35.5. The van der Waals surface area contributed by atoms with Gasteiger partial charge in [0, 0.05) is 22.3 Å². The molecule has 0 aromatic heterocycles. The maximum absolute atomic E-state index is 13.2. The third-order valence-electron chi connectivity index (χ3n) is 5.80. The Morgan fingerprint density at radius 1 is 0.600 bits per heavy atom. The number of carbonyl (C=O) groups excluding carboxylic acids is 3. The van der Waals surface area contributed by atoms with E-state index in [1.807, 2.05) is 19.9 Å². The largest absolute Gasteiger partial charge is 0.492 e. The van der Waals surface area contributed by atoms with Gasteiger partial charge in [-0.25, -0.2) is 0 Å². The van der Waals surface area contributed by atoms with Crippen molar-refractivity contribution < 1.29 is 23.9 Å². The molecule has 0 heterocycles. The molecule has 0 radical (unpaired) electrons. The third kappa shape index (κ3) is 6.81. The first-order valence-corrected chi connectivity index (χ1v) is 13.3. The molecule has 0 spiro atoms. The van der Waals surface area contributed by atoms with Gasteiger partial charge in [0.15, 0.2) is 5.78 Å². The Hall–Kier alpha value is -4.33. The van der Waals surface area contributed by atoms with Crippen molar-refractivity contribution >= 4 is 52.2 Å². The third-order valence-corrected chi connectivity index (χ3v) is 6.39. The van der Waals surface area contributed by atoms with Crippen LogP contribution in [-0.4, -0.2) is 30.8 Å². The van der Waals surface area contributed by atoms with Crippen molar-refractivity contribution in [2.75, 3.05) is 23.8 Å². The van der Waals surface area contributed by atoms with Crippen LogP contribution in [0, 0.1) is 0 Å². The maximum atomic E-state index is 13.2. The Kier molecular flexibility index (Phi) is 9.43. The minimum atomic E-state index is -0.492. The van der Waals surface area contributed by atoms with Gasteiger partial charge in [-0.1, -0.05) is 53.5 Å². The van der Waals surface area contributed by atoms with Gasteiger partial charge in [0.25, 0.3) is 11.8 Å². The van der Waals surface area contributed by atoms with Gasteiger partial charge >= 0.3 is 0 Å². The van der Waals surface area contributed by atoms with Gasteiger partial charge in [-0.2, -0.15) is 0 Å². The minimum Gasteiger partial charge on any atom is -0.492 e. The number of hydrogen-bond acceptors (Lipinski definition) is 5. The highest BCUT2D eigenvalue weighted by Crippen LogP contribution is 2.30. The Morgan fingerprint density at radius 2 is 1.10 bits per heavy atom. The number of ether oxygens (including phenoxy) is 2. The summed E-state index contributed by atoms with van der Waals surface area (Å²) in [6, 6.07) is 22.8. The predicted molar refractivity (Wildman–Crippen MR) is 157 cm³/mol. The summed E-state index contributed by atoms with van der Waals surface area (Å²) in [7, 11) is 0. The average molecular weight is 577 g/mol. The van der Waals surface area contributed by atoms with Gasteiger partial charge in [0.1, 0.15) is 11.5 Å². The molecule has 0 aliphatic carbocycles. The molecule has 204 valence electrons. The average Bonchev–Trinajstić information content (AvgIpc) is 2.96. The highest BCUT2D eigenvalue weighted by Gasteiger charge is 2.18. The minimum absolute atomic E-state index is 0.224. The molecule has 2 N–H and O–H groups in total. The second-order valence-electron chi connectivity index (χ2n) is 8.52. The van der Waals surface area contributed by atoms with E-state index in [0.717, 1.165) is 0 Å². The normalized spacial score (nSPS) is 10.5. The fraction of sp³-hybridized carbons (Fsp3) is 0.129. The number of benzene rings is 4. The van der Waals surface area contributed by atoms with E-state index in [1.165, 1.54) is 18.2 Å². The smallest absolute Gasteiger partial charge is 0.255 e. The van der Waals surface area contributed by atoms with E-state index in [0.29, 0.717) is 40.9 Å². The summed E-state index contributed by atoms with van der Waals surface area (Å²) >= 11 is 12.5. The highest BCUT2D eigenvalue weighted by molar-refractivity contribution is 6.33. The maximum Gasteiger partial charge on any atom is 0.255 e. The van der Waals surface area contributed by atoms with Crippen LogP contribution in [0.3, 0.4) is 0 Å². The number of carbonyl (C=O) groups is 3. The summed E-state index contributed by atoms with van der Waals surface area (Å²) in [6.45, 7) is 4.52. The van der Waals surface area contributed by atoms with E-state index in [9.17, 15) is 14.4 Å².